The molecule has 124 valence electrons. The number of nitrogens with one attached hydrogen (secondary N) is 2. The minimum Gasteiger partial charge on any atom is -0.391 e. The average Bonchev–Trinajstić information content (AvgIpc) is 3.18. The summed E-state index contributed by atoms with van der Waals surface area (Å²) in [6, 6.07) is 5.22. The molecule has 0 aromatic carbocycles. The topological polar surface area (TPSA) is 95.8 Å². The van der Waals surface area contributed by atoms with Crippen LogP contribution in [0.5, 0.6) is 0 Å². The summed E-state index contributed by atoms with van der Waals surface area (Å²) < 4.78 is 1.90. The van der Waals surface area contributed by atoms with Crippen molar-refractivity contribution in [3.05, 3.63) is 53.3 Å². The Labute approximate surface area is 138 Å². The third kappa shape index (κ3) is 2.90. The Hall–Kier alpha value is -2.67. The first-order chi connectivity index (χ1) is 11.7. The molecule has 1 aliphatic rings. The molecule has 3 atom stereocenters. The highest BCUT2D eigenvalue weighted by Gasteiger charge is 2.33. The van der Waals surface area contributed by atoms with Crippen LogP contribution in [0, 0.1) is 5.92 Å². The summed E-state index contributed by atoms with van der Waals surface area (Å²) in [7, 11) is 0. The molecule has 24 heavy (non-hydrogen) atoms. The van der Waals surface area contributed by atoms with Gasteiger partial charge in [0, 0.05) is 42.3 Å². The molecule has 1 aliphatic carbocycles. The molecular formula is C17H19N5O2. The number of aliphatic hydroxyl groups excluding tert-OH is 1. The number of hydrogen-bond acceptors (Lipinski definition) is 5. The van der Waals surface area contributed by atoms with Crippen LogP contribution in [-0.4, -0.2) is 37.0 Å². The monoisotopic (exact) mass is 325 g/mol. The molecule has 3 heterocycles. The van der Waals surface area contributed by atoms with Crippen LogP contribution in [0.3, 0.4) is 0 Å². The Bertz CT molecular complexity index is 889. The first kappa shape index (κ1) is 14.9. The van der Waals surface area contributed by atoms with Crippen LogP contribution < -0.4 is 10.9 Å². The normalized spacial score (nSPS) is 23.6. The van der Waals surface area contributed by atoms with Crippen molar-refractivity contribution in [2.75, 3.05) is 5.32 Å². The molecule has 0 amide bonds. The highest BCUT2D eigenvalue weighted by molar-refractivity contribution is 5.90. The summed E-state index contributed by atoms with van der Waals surface area (Å²) in [6.45, 7) is 0.794. The fraction of sp³-hybridized carbons (Fsp3) is 0.353. The van der Waals surface area contributed by atoms with Gasteiger partial charge in [0.05, 0.1) is 23.9 Å². The van der Waals surface area contributed by atoms with E-state index in [1.54, 1.807) is 18.6 Å². The molecule has 3 aromatic rings. The maximum atomic E-state index is 11.8. The van der Waals surface area contributed by atoms with Crippen molar-refractivity contribution in [1.29, 1.82) is 0 Å². The zero-order valence-corrected chi connectivity index (χ0v) is 13.1. The van der Waals surface area contributed by atoms with E-state index < -0.39 is 6.10 Å². The number of hydrogen-bond donors (Lipinski definition) is 3. The largest absolute Gasteiger partial charge is 0.391 e. The molecule has 7 nitrogen and oxygen atoms in total. The summed E-state index contributed by atoms with van der Waals surface area (Å²) in [4.78, 5) is 18.6. The summed E-state index contributed by atoms with van der Waals surface area (Å²) in [6.07, 6.45) is 8.13. The van der Waals surface area contributed by atoms with E-state index in [4.69, 9.17) is 0 Å². The molecule has 4 rings (SSSR count). The smallest absolute Gasteiger partial charge is 0.250 e. The lowest BCUT2D eigenvalue weighted by atomic mass is 10.1. The van der Waals surface area contributed by atoms with Crippen LogP contribution in [0.1, 0.15) is 12.8 Å². The van der Waals surface area contributed by atoms with E-state index in [2.05, 4.69) is 20.4 Å². The van der Waals surface area contributed by atoms with Crippen molar-refractivity contribution in [1.82, 2.24) is 19.7 Å². The lowest BCUT2D eigenvalue weighted by Gasteiger charge is -2.19. The number of aromatic amines is 1. The SMILES string of the molecule is O=c1cc(N[C@@H]2CC(Cn3cccn3)C[C@H]2O)c2ccncc2[nH]1. The Morgan fingerprint density at radius 3 is 3.12 bits per heavy atom. The molecule has 0 bridgehead atoms. The van der Waals surface area contributed by atoms with Gasteiger partial charge in [-0.15, -0.1) is 0 Å². The van der Waals surface area contributed by atoms with Gasteiger partial charge in [0.25, 0.3) is 5.56 Å². The molecular weight excluding hydrogens is 306 g/mol. The highest BCUT2D eigenvalue weighted by Crippen LogP contribution is 2.31. The number of aliphatic hydroxyl groups is 1. The van der Waals surface area contributed by atoms with Crippen LogP contribution in [0.15, 0.2) is 47.8 Å². The van der Waals surface area contributed by atoms with Crippen LogP contribution >= 0.6 is 0 Å². The molecule has 1 saturated carbocycles. The molecule has 3 aromatic heterocycles. The lowest BCUT2D eigenvalue weighted by molar-refractivity contribution is 0.166. The number of rotatable bonds is 4. The number of pyridine rings is 2. The van der Waals surface area contributed by atoms with Gasteiger partial charge in [0.1, 0.15) is 0 Å². The van der Waals surface area contributed by atoms with Gasteiger partial charge in [0.15, 0.2) is 0 Å². The van der Waals surface area contributed by atoms with Crippen molar-refractivity contribution in [3.63, 3.8) is 0 Å². The second-order valence-corrected chi connectivity index (χ2v) is 6.35. The number of H-pyrrole nitrogens is 1. The van der Waals surface area contributed by atoms with Crippen LogP contribution in [0.2, 0.25) is 0 Å². The van der Waals surface area contributed by atoms with Crippen LogP contribution in [0.4, 0.5) is 5.69 Å². The maximum absolute atomic E-state index is 11.8. The second kappa shape index (κ2) is 6.09. The summed E-state index contributed by atoms with van der Waals surface area (Å²) in [5.41, 5.74) is 1.24. The number of nitrogens with zero attached hydrogens (tertiary/aromatic N) is 3. The first-order valence-electron chi connectivity index (χ1n) is 8.08. The van der Waals surface area contributed by atoms with Gasteiger partial charge in [-0.1, -0.05) is 0 Å². The molecule has 1 unspecified atom stereocenters. The van der Waals surface area contributed by atoms with E-state index in [1.807, 2.05) is 23.0 Å². The zero-order chi connectivity index (χ0) is 16.5. The Kier molecular flexibility index (Phi) is 3.78. The minimum absolute atomic E-state index is 0.0799. The van der Waals surface area contributed by atoms with E-state index in [9.17, 15) is 9.90 Å². The van der Waals surface area contributed by atoms with Crippen molar-refractivity contribution in [3.8, 4) is 0 Å². The molecule has 3 N–H and O–H groups in total. The second-order valence-electron chi connectivity index (χ2n) is 6.35. The molecule has 0 spiro atoms. The van der Waals surface area contributed by atoms with Crippen LogP contribution in [-0.2, 0) is 6.54 Å². The van der Waals surface area contributed by atoms with Gasteiger partial charge in [-0.05, 0) is 30.9 Å². The Morgan fingerprint density at radius 2 is 2.29 bits per heavy atom. The Morgan fingerprint density at radius 1 is 1.38 bits per heavy atom. The van der Waals surface area contributed by atoms with Crippen molar-refractivity contribution >= 4 is 16.6 Å². The van der Waals surface area contributed by atoms with Gasteiger partial charge >= 0.3 is 0 Å². The Balaban J connectivity index is 1.54. The van der Waals surface area contributed by atoms with E-state index >= 15 is 0 Å². The van der Waals surface area contributed by atoms with Gasteiger partial charge in [-0.3, -0.25) is 14.5 Å². The highest BCUT2D eigenvalue weighted by atomic mass is 16.3. The fourth-order valence-electron chi connectivity index (χ4n) is 3.52. The average molecular weight is 325 g/mol. The standard InChI is InChI=1S/C17H19N5O2/c23-16-7-11(10-22-5-1-3-19-22)6-14(16)20-13-8-17(24)21-15-9-18-4-2-12(13)15/h1-5,8-9,11,14,16,23H,6-7,10H2,(H2,20,21,24)/t11?,14-,16-/m1/s1. The predicted molar refractivity (Wildman–Crippen MR) is 90.7 cm³/mol. The minimum atomic E-state index is -0.443. The molecule has 7 heteroatoms. The molecule has 0 aliphatic heterocycles. The van der Waals surface area contributed by atoms with Crippen LogP contribution in [0.25, 0.3) is 10.9 Å². The van der Waals surface area contributed by atoms with Gasteiger partial charge in [-0.2, -0.15) is 5.10 Å². The van der Waals surface area contributed by atoms with Crippen molar-refractivity contribution in [2.24, 2.45) is 5.92 Å². The van der Waals surface area contributed by atoms with E-state index in [0.717, 1.165) is 30.5 Å². The lowest BCUT2D eigenvalue weighted by Crippen LogP contribution is -2.28. The molecule has 0 radical (unpaired) electrons. The molecule has 1 fully saturated rings. The summed E-state index contributed by atoms with van der Waals surface area (Å²) >= 11 is 0. The number of fused-ring (bicyclic) bond motifs is 1. The number of aromatic nitrogens is 4. The van der Waals surface area contributed by atoms with E-state index in [1.165, 1.54) is 6.07 Å². The maximum Gasteiger partial charge on any atom is 0.250 e. The summed E-state index contributed by atoms with van der Waals surface area (Å²) in [5, 5.41) is 18.9. The first-order valence-corrected chi connectivity index (χ1v) is 8.08. The fourth-order valence-corrected chi connectivity index (χ4v) is 3.52. The van der Waals surface area contributed by atoms with E-state index in [-0.39, 0.29) is 11.6 Å². The number of anilines is 1. The predicted octanol–water partition coefficient (Wildman–Crippen LogP) is 1.37. The van der Waals surface area contributed by atoms with Crippen molar-refractivity contribution < 1.29 is 5.11 Å². The van der Waals surface area contributed by atoms with E-state index in [0.29, 0.717) is 11.4 Å². The van der Waals surface area contributed by atoms with Gasteiger partial charge < -0.3 is 15.4 Å². The zero-order valence-electron chi connectivity index (χ0n) is 13.1. The summed E-state index contributed by atoms with van der Waals surface area (Å²) in [5.74, 6) is 0.354. The third-order valence-corrected chi connectivity index (χ3v) is 4.62. The third-order valence-electron chi connectivity index (χ3n) is 4.62. The van der Waals surface area contributed by atoms with Gasteiger partial charge in [-0.25, -0.2) is 0 Å². The quantitative estimate of drug-likeness (QED) is 0.673. The van der Waals surface area contributed by atoms with Gasteiger partial charge in [0.2, 0.25) is 0 Å². The van der Waals surface area contributed by atoms with Crippen molar-refractivity contribution in [2.45, 2.75) is 31.5 Å². The molecule has 0 saturated heterocycles.